The predicted octanol–water partition coefficient (Wildman–Crippen LogP) is 0.886. The minimum atomic E-state index is -1.08. The van der Waals surface area contributed by atoms with Gasteiger partial charge < -0.3 is 26.2 Å². The predicted molar refractivity (Wildman–Crippen MR) is 105 cm³/mol. The number of nitrogens with zero attached hydrogens (tertiary/aromatic N) is 3. The van der Waals surface area contributed by atoms with Gasteiger partial charge in [-0.15, -0.1) is 0 Å². The Kier molecular flexibility index (Phi) is 5.55. The van der Waals surface area contributed by atoms with Crippen molar-refractivity contribution >= 4 is 23.6 Å². The molecule has 1 atom stereocenters. The molecular weight excluding hydrogens is 390 g/mol. The van der Waals surface area contributed by atoms with E-state index in [2.05, 4.69) is 4.98 Å². The van der Waals surface area contributed by atoms with Gasteiger partial charge in [-0.3, -0.25) is 14.4 Å². The van der Waals surface area contributed by atoms with Gasteiger partial charge in [0, 0.05) is 30.2 Å². The number of nitrogens with two attached hydrogens (primary N) is 2. The number of anilines is 1. The fourth-order valence-corrected chi connectivity index (χ4v) is 3.42. The van der Waals surface area contributed by atoms with E-state index in [1.807, 2.05) is 6.07 Å². The number of carbonyl (C=O) groups is 3. The molecule has 0 fully saturated rings. The number of carboxylic acids is 1. The lowest BCUT2D eigenvalue weighted by atomic mass is 10.0. The van der Waals surface area contributed by atoms with E-state index in [0.29, 0.717) is 28.1 Å². The van der Waals surface area contributed by atoms with E-state index in [1.165, 1.54) is 18.1 Å². The zero-order valence-electron chi connectivity index (χ0n) is 16.1. The molecule has 1 aromatic heterocycles. The van der Waals surface area contributed by atoms with Gasteiger partial charge in [-0.2, -0.15) is 5.26 Å². The van der Waals surface area contributed by atoms with Gasteiger partial charge in [0.2, 0.25) is 5.91 Å². The van der Waals surface area contributed by atoms with Gasteiger partial charge >= 0.3 is 5.97 Å². The maximum absolute atomic E-state index is 12.8. The summed E-state index contributed by atoms with van der Waals surface area (Å²) in [5.41, 5.74) is 13.5. The number of rotatable bonds is 7. The number of carboxylic acid groups (broad SMARTS) is 1. The molecule has 2 amide bonds. The molecule has 0 aliphatic carbocycles. The summed E-state index contributed by atoms with van der Waals surface area (Å²) in [6.07, 6.45) is -0.358. The van der Waals surface area contributed by atoms with Crippen LogP contribution in [0.1, 0.15) is 34.3 Å². The molecule has 1 unspecified atom stereocenters. The molecule has 0 radical (unpaired) electrons. The number of ether oxygens (including phenoxy) is 1. The van der Waals surface area contributed by atoms with Crippen LogP contribution in [-0.2, 0) is 16.1 Å². The number of nitrogen functional groups attached to an aromatic ring is 1. The number of benzene rings is 1. The molecule has 30 heavy (non-hydrogen) atoms. The average Bonchev–Trinajstić information content (AvgIpc) is 3.03. The van der Waals surface area contributed by atoms with Gasteiger partial charge in [-0.25, -0.2) is 4.98 Å². The molecule has 2 heterocycles. The molecule has 3 rings (SSSR count). The first-order valence-electron chi connectivity index (χ1n) is 8.96. The highest BCUT2D eigenvalue weighted by Gasteiger charge is 2.36. The fraction of sp³-hybridized carbons (Fsp3) is 0.250. The molecule has 5 N–H and O–H groups in total. The molecule has 10 nitrogen and oxygen atoms in total. The van der Waals surface area contributed by atoms with Gasteiger partial charge in [0.25, 0.3) is 5.91 Å². The van der Waals surface area contributed by atoms with E-state index in [4.69, 9.17) is 26.6 Å². The molecule has 1 aliphatic heterocycles. The standard InChI is InChI=1S/C20H19N5O5/c1-30-15-7-11(8-21)18(22)24-17(15)10-2-3-13-12(6-10)9-25(20(13)29)14(19(23)28)4-5-16(26)27/h2-3,6-7,14H,4-5,9H2,1H3,(H2,22,24)(H2,23,28)(H,26,27). The largest absolute Gasteiger partial charge is 0.494 e. The first-order chi connectivity index (χ1) is 14.3. The Balaban J connectivity index is 1.96. The van der Waals surface area contributed by atoms with Crippen LogP contribution in [0.5, 0.6) is 5.75 Å². The summed E-state index contributed by atoms with van der Waals surface area (Å²) in [4.78, 5) is 41.0. The van der Waals surface area contributed by atoms with E-state index >= 15 is 0 Å². The number of hydrogen-bond acceptors (Lipinski definition) is 7. The van der Waals surface area contributed by atoms with Crippen LogP contribution in [0.2, 0.25) is 0 Å². The summed E-state index contributed by atoms with van der Waals surface area (Å²) in [6, 6.07) is 7.37. The summed E-state index contributed by atoms with van der Waals surface area (Å²) < 4.78 is 5.32. The van der Waals surface area contributed by atoms with Gasteiger partial charge in [-0.1, -0.05) is 6.07 Å². The highest BCUT2D eigenvalue weighted by molar-refractivity contribution is 6.01. The number of aromatic nitrogens is 1. The van der Waals surface area contributed by atoms with Crippen molar-refractivity contribution in [3.05, 3.63) is 41.0 Å². The number of methoxy groups -OCH3 is 1. The van der Waals surface area contributed by atoms with Crippen molar-refractivity contribution in [2.24, 2.45) is 5.73 Å². The highest BCUT2D eigenvalue weighted by Crippen LogP contribution is 2.34. The number of pyridine rings is 1. The third-order valence-corrected chi connectivity index (χ3v) is 4.90. The van der Waals surface area contributed by atoms with Crippen molar-refractivity contribution in [3.63, 3.8) is 0 Å². The zero-order valence-corrected chi connectivity index (χ0v) is 16.1. The van der Waals surface area contributed by atoms with Gasteiger partial charge in [0.15, 0.2) is 0 Å². The summed E-state index contributed by atoms with van der Waals surface area (Å²) in [5, 5.41) is 18.0. The number of fused-ring (bicyclic) bond motifs is 1. The molecule has 0 saturated carbocycles. The molecule has 1 aromatic carbocycles. The maximum Gasteiger partial charge on any atom is 0.303 e. The van der Waals surface area contributed by atoms with Crippen molar-refractivity contribution in [3.8, 4) is 23.1 Å². The third kappa shape index (κ3) is 3.73. The van der Waals surface area contributed by atoms with Crippen LogP contribution in [0.25, 0.3) is 11.3 Å². The summed E-state index contributed by atoms with van der Waals surface area (Å²) in [5.74, 6) is -1.84. The second-order valence-corrected chi connectivity index (χ2v) is 6.74. The Morgan fingerprint density at radius 2 is 2.13 bits per heavy atom. The van der Waals surface area contributed by atoms with Crippen molar-refractivity contribution in [1.29, 1.82) is 5.26 Å². The Bertz CT molecular complexity index is 1090. The Morgan fingerprint density at radius 1 is 1.40 bits per heavy atom. The lowest BCUT2D eigenvalue weighted by molar-refractivity contribution is -0.137. The van der Waals surface area contributed by atoms with Crippen LogP contribution in [-0.4, -0.2) is 45.9 Å². The van der Waals surface area contributed by atoms with Gasteiger partial charge in [0.05, 0.1) is 12.7 Å². The number of aliphatic carboxylic acids is 1. The minimum Gasteiger partial charge on any atom is -0.494 e. The quantitative estimate of drug-likeness (QED) is 0.604. The second kappa shape index (κ2) is 8.08. The van der Waals surface area contributed by atoms with Crippen LogP contribution in [0.4, 0.5) is 5.82 Å². The summed E-state index contributed by atoms with van der Waals surface area (Å²) >= 11 is 0. The Hall–Kier alpha value is -4.13. The monoisotopic (exact) mass is 409 g/mol. The van der Waals surface area contributed by atoms with Crippen molar-refractivity contribution in [2.75, 3.05) is 12.8 Å². The number of nitriles is 1. The molecule has 10 heteroatoms. The smallest absolute Gasteiger partial charge is 0.303 e. The lowest BCUT2D eigenvalue weighted by Crippen LogP contribution is -2.45. The van der Waals surface area contributed by atoms with E-state index in [9.17, 15) is 14.4 Å². The number of hydrogen-bond donors (Lipinski definition) is 3. The van der Waals surface area contributed by atoms with E-state index in [1.54, 1.807) is 18.2 Å². The van der Waals surface area contributed by atoms with Crippen LogP contribution in [0.3, 0.4) is 0 Å². The Labute approximate surface area is 171 Å². The fourth-order valence-electron chi connectivity index (χ4n) is 3.42. The summed E-state index contributed by atoms with van der Waals surface area (Å²) in [6.45, 7) is 0.101. The molecule has 0 spiro atoms. The topological polar surface area (TPSA) is 173 Å². The first-order valence-corrected chi connectivity index (χ1v) is 8.96. The van der Waals surface area contributed by atoms with E-state index < -0.39 is 23.8 Å². The maximum atomic E-state index is 12.8. The zero-order chi connectivity index (χ0) is 22.0. The lowest BCUT2D eigenvalue weighted by Gasteiger charge is -2.24. The molecular formula is C20H19N5O5. The molecule has 154 valence electrons. The van der Waals surface area contributed by atoms with Gasteiger partial charge in [0.1, 0.15) is 29.4 Å². The van der Waals surface area contributed by atoms with E-state index in [-0.39, 0.29) is 30.8 Å². The van der Waals surface area contributed by atoms with Crippen LogP contribution in [0.15, 0.2) is 24.3 Å². The SMILES string of the molecule is COc1cc(C#N)c(N)nc1-c1ccc2c(c1)CN(C(CCC(=O)O)C(N)=O)C2=O. The van der Waals surface area contributed by atoms with Crippen LogP contribution < -0.4 is 16.2 Å². The Morgan fingerprint density at radius 3 is 2.73 bits per heavy atom. The number of amides is 2. The van der Waals surface area contributed by atoms with Crippen LogP contribution in [0, 0.1) is 11.3 Å². The molecule has 2 aromatic rings. The normalized spacial score (nSPS) is 13.5. The second-order valence-electron chi connectivity index (χ2n) is 6.74. The molecule has 1 aliphatic rings. The van der Waals surface area contributed by atoms with Crippen LogP contribution >= 0.6 is 0 Å². The number of primary amides is 1. The van der Waals surface area contributed by atoms with E-state index in [0.717, 1.165) is 0 Å². The minimum absolute atomic E-state index is 0.0500. The number of carbonyl (C=O) groups excluding carboxylic acids is 2. The van der Waals surface area contributed by atoms with Gasteiger partial charge in [-0.05, 0) is 24.1 Å². The summed E-state index contributed by atoms with van der Waals surface area (Å²) in [7, 11) is 1.44. The average molecular weight is 409 g/mol. The molecule has 0 bridgehead atoms. The third-order valence-electron chi connectivity index (χ3n) is 4.90. The highest BCUT2D eigenvalue weighted by atomic mass is 16.5. The molecule has 0 saturated heterocycles. The van der Waals surface area contributed by atoms with Crippen molar-refractivity contribution in [1.82, 2.24) is 9.88 Å². The van der Waals surface area contributed by atoms with Crippen molar-refractivity contribution < 1.29 is 24.2 Å². The first kappa shape index (κ1) is 20.6. The van der Waals surface area contributed by atoms with Crippen molar-refractivity contribution in [2.45, 2.75) is 25.4 Å².